The lowest BCUT2D eigenvalue weighted by atomic mass is 9.96. The highest BCUT2D eigenvalue weighted by Gasteiger charge is 2.31. The second-order valence-corrected chi connectivity index (χ2v) is 8.77. The summed E-state index contributed by atoms with van der Waals surface area (Å²) in [5.74, 6) is -0.972. The lowest BCUT2D eigenvalue weighted by Crippen LogP contribution is -2.49. The molecule has 3 rings (SSSR count). The highest BCUT2D eigenvalue weighted by Crippen LogP contribution is 2.25. The van der Waals surface area contributed by atoms with E-state index in [4.69, 9.17) is 0 Å². The Morgan fingerprint density at radius 3 is 2.46 bits per heavy atom. The number of carbonyl (C=O) groups is 2. The van der Waals surface area contributed by atoms with Gasteiger partial charge < -0.3 is 15.0 Å². The monoisotopic (exact) mass is 487 g/mol. The summed E-state index contributed by atoms with van der Waals surface area (Å²) in [5, 5.41) is 3.12. The molecular weight excluding hydrogens is 452 g/mol. The Hall–Kier alpha value is -3.00. The van der Waals surface area contributed by atoms with Crippen LogP contribution >= 0.6 is 0 Å². The number of alkyl halides is 2. The van der Waals surface area contributed by atoms with Gasteiger partial charge in [0, 0.05) is 25.7 Å². The topological polar surface area (TPSA) is 61.9 Å². The van der Waals surface area contributed by atoms with E-state index in [2.05, 4.69) is 40.9 Å². The van der Waals surface area contributed by atoms with Crippen LogP contribution in [-0.2, 0) is 11.2 Å². The molecule has 35 heavy (non-hydrogen) atoms. The summed E-state index contributed by atoms with van der Waals surface area (Å²) in [4.78, 5) is 30.0. The number of likely N-dealkylation sites (N-methyl/N-ethyl adjacent to an activating group) is 1. The quantitative estimate of drug-likeness (QED) is 0.516. The SMILES string of the molecule is CCN(CC)C(CNC(=O)C1CCCN(C(=O)c2ccccc2OC(F)F)C1)Cc1ccccc1. The number of halogens is 2. The van der Waals surface area contributed by atoms with Gasteiger partial charge in [0.05, 0.1) is 11.5 Å². The maximum Gasteiger partial charge on any atom is 0.387 e. The van der Waals surface area contributed by atoms with Gasteiger partial charge in [0.25, 0.3) is 5.91 Å². The van der Waals surface area contributed by atoms with Crippen LogP contribution in [0.4, 0.5) is 8.78 Å². The lowest BCUT2D eigenvalue weighted by molar-refractivity contribution is -0.126. The fourth-order valence-electron chi connectivity index (χ4n) is 4.71. The molecule has 0 aliphatic carbocycles. The summed E-state index contributed by atoms with van der Waals surface area (Å²) in [6, 6.07) is 16.4. The Balaban J connectivity index is 1.62. The zero-order valence-corrected chi connectivity index (χ0v) is 20.5. The molecule has 0 radical (unpaired) electrons. The molecule has 1 aliphatic rings. The first-order valence-electron chi connectivity index (χ1n) is 12.3. The van der Waals surface area contributed by atoms with E-state index in [-0.39, 0.29) is 35.7 Å². The minimum absolute atomic E-state index is 0.0789. The maximum absolute atomic E-state index is 13.1. The summed E-state index contributed by atoms with van der Waals surface area (Å²) >= 11 is 0. The molecule has 6 nitrogen and oxygen atoms in total. The van der Waals surface area contributed by atoms with Crippen molar-refractivity contribution in [3.05, 3.63) is 65.7 Å². The minimum atomic E-state index is -3.02. The number of piperidine rings is 1. The van der Waals surface area contributed by atoms with Crippen LogP contribution in [0.3, 0.4) is 0 Å². The molecule has 1 heterocycles. The number of rotatable bonds is 11. The summed E-state index contributed by atoms with van der Waals surface area (Å²) in [7, 11) is 0. The van der Waals surface area contributed by atoms with Crippen LogP contribution in [-0.4, -0.2) is 67.0 Å². The smallest absolute Gasteiger partial charge is 0.387 e. The first kappa shape index (κ1) is 26.6. The summed E-state index contributed by atoms with van der Waals surface area (Å²) in [5.41, 5.74) is 1.30. The number of carbonyl (C=O) groups excluding carboxylic acids is 2. The number of hydrogen-bond donors (Lipinski definition) is 1. The molecule has 2 aromatic carbocycles. The molecule has 2 amide bonds. The highest BCUT2D eigenvalue weighted by atomic mass is 19.3. The molecule has 1 N–H and O–H groups in total. The van der Waals surface area contributed by atoms with Gasteiger partial charge in [0.2, 0.25) is 5.91 Å². The number of nitrogens with zero attached hydrogens (tertiary/aromatic N) is 2. The molecule has 1 aliphatic heterocycles. The number of nitrogens with one attached hydrogen (secondary N) is 1. The number of likely N-dealkylation sites (tertiary alicyclic amines) is 1. The van der Waals surface area contributed by atoms with Crippen molar-refractivity contribution in [3.8, 4) is 5.75 Å². The van der Waals surface area contributed by atoms with E-state index in [1.807, 2.05) is 18.2 Å². The van der Waals surface area contributed by atoms with Gasteiger partial charge in [-0.2, -0.15) is 8.78 Å². The number of para-hydroxylation sites is 1. The third kappa shape index (κ3) is 7.49. The third-order valence-corrected chi connectivity index (χ3v) is 6.57. The average molecular weight is 488 g/mol. The number of hydrogen-bond acceptors (Lipinski definition) is 4. The van der Waals surface area contributed by atoms with Crippen molar-refractivity contribution in [1.29, 1.82) is 0 Å². The van der Waals surface area contributed by atoms with Crippen LogP contribution < -0.4 is 10.1 Å². The Bertz CT molecular complexity index is 954. The molecule has 1 fully saturated rings. The fraction of sp³-hybridized carbons (Fsp3) is 0.481. The van der Waals surface area contributed by atoms with Gasteiger partial charge in [-0.05, 0) is 50.0 Å². The molecule has 190 valence electrons. The van der Waals surface area contributed by atoms with E-state index in [1.54, 1.807) is 17.0 Å². The van der Waals surface area contributed by atoms with Gasteiger partial charge in [0.1, 0.15) is 5.75 Å². The second kappa shape index (κ2) is 13.2. The average Bonchev–Trinajstić information content (AvgIpc) is 2.88. The van der Waals surface area contributed by atoms with Gasteiger partial charge in [-0.25, -0.2) is 0 Å². The van der Waals surface area contributed by atoms with Gasteiger partial charge in [-0.1, -0.05) is 56.3 Å². The molecule has 1 saturated heterocycles. The summed E-state index contributed by atoms with van der Waals surface area (Å²) < 4.78 is 30.1. The molecule has 2 atom stereocenters. The van der Waals surface area contributed by atoms with E-state index in [0.717, 1.165) is 19.5 Å². The van der Waals surface area contributed by atoms with Gasteiger partial charge in [0.15, 0.2) is 0 Å². The van der Waals surface area contributed by atoms with Crippen molar-refractivity contribution >= 4 is 11.8 Å². The van der Waals surface area contributed by atoms with E-state index in [0.29, 0.717) is 25.9 Å². The standard InChI is InChI=1S/C27H35F2N3O3/c1-3-31(4-2)22(17-20-11-6-5-7-12-20)18-30-25(33)21-13-10-16-32(19-21)26(34)23-14-8-9-15-24(23)35-27(28)29/h5-9,11-12,14-15,21-22,27H,3-4,10,13,16-19H2,1-2H3,(H,30,33). The molecule has 2 unspecified atom stereocenters. The fourth-order valence-corrected chi connectivity index (χ4v) is 4.71. The highest BCUT2D eigenvalue weighted by molar-refractivity contribution is 5.97. The van der Waals surface area contributed by atoms with Crippen LogP contribution in [0, 0.1) is 5.92 Å². The van der Waals surface area contributed by atoms with Crippen LogP contribution in [0.15, 0.2) is 54.6 Å². The molecule has 0 spiro atoms. The zero-order chi connectivity index (χ0) is 25.2. The lowest BCUT2D eigenvalue weighted by Gasteiger charge is -2.34. The van der Waals surface area contributed by atoms with E-state index < -0.39 is 12.5 Å². The van der Waals surface area contributed by atoms with Crippen molar-refractivity contribution in [1.82, 2.24) is 15.1 Å². The summed E-state index contributed by atoms with van der Waals surface area (Å²) in [6.07, 6.45) is 2.18. The second-order valence-electron chi connectivity index (χ2n) is 8.77. The minimum Gasteiger partial charge on any atom is -0.434 e. The molecule has 2 aromatic rings. The third-order valence-electron chi connectivity index (χ3n) is 6.57. The largest absolute Gasteiger partial charge is 0.434 e. The Labute approximate surface area is 206 Å². The first-order chi connectivity index (χ1) is 16.9. The molecular formula is C27H35F2N3O3. The predicted octanol–water partition coefficient (Wildman–Crippen LogP) is 4.21. The normalized spacial score (nSPS) is 16.9. The van der Waals surface area contributed by atoms with E-state index in [1.165, 1.54) is 17.7 Å². The van der Waals surface area contributed by atoms with Gasteiger partial charge in [-0.15, -0.1) is 0 Å². The van der Waals surface area contributed by atoms with Crippen molar-refractivity contribution < 1.29 is 23.1 Å². The van der Waals surface area contributed by atoms with E-state index >= 15 is 0 Å². The molecule has 0 aromatic heterocycles. The molecule has 8 heteroatoms. The summed E-state index contributed by atoms with van der Waals surface area (Å²) in [6.45, 7) is 4.23. The number of ether oxygens (including phenoxy) is 1. The Morgan fingerprint density at radius 1 is 1.09 bits per heavy atom. The molecule has 0 saturated carbocycles. The Morgan fingerprint density at radius 2 is 1.77 bits per heavy atom. The van der Waals surface area contributed by atoms with Crippen LogP contribution in [0.25, 0.3) is 0 Å². The predicted molar refractivity (Wildman–Crippen MR) is 132 cm³/mol. The van der Waals surface area contributed by atoms with Crippen LogP contribution in [0.1, 0.15) is 42.6 Å². The van der Waals surface area contributed by atoms with Crippen LogP contribution in [0.2, 0.25) is 0 Å². The van der Waals surface area contributed by atoms with Crippen molar-refractivity contribution in [2.75, 3.05) is 32.7 Å². The number of amides is 2. The van der Waals surface area contributed by atoms with Crippen molar-refractivity contribution in [2.45, 2.75) is 45.8 Å². The maximum atomic E-state index is 13.1. The van der Waals surface area contributed by atoms with Gasteiger partial charge >= 0.3 is 6.61 Å². The Kier molecular flexibility index (Phi) is 10.0. The number of benzene rings is 2. The van der Waals surface area contributed by atoms with Gasteiger partial charge in [-0.3, -0.25) is 14.5 Å². The van der Waals surface area contributed by atoms with Crippen molar-refractivity contribution in [2.24, 2.45) is 5.92 Å². The van der Waals surface area contributed by atoms with E-state index in [9.17, 15) is 18.4 Å². The first-order valence-corrected chi connectivity index (χ1v) is 12.3. The zero-order valence-electron chi connectivity index (χ0n) is 20.5. The van der Waals surface area contributed by atoms with Crippen LogP contribution in [0.5, 0.6) is 5.75 Å². The van der Waals surface area contributed by atoms with Crippen molar-refractivity contribution in [3.63, 3.8) is 0 Å². The molecule has 0 bridgehead atoms.